The molecule has 0 bridgehead atoms. The van der Waals surface area contributed by atoms with Crippen molar-refractivity contribution in [1.82, 2.24) is 0 Å². The van der Waals surface area contributed by atoms with Gasteiger partial charge in [0.1, 0.15) is 5.75 Å². The van der Waals surface area contributed by atoms with Gasteiger partial charge in [-0.1, -0.05) is 36.4 Å². The predicted octanol–water partition coefficient (Wildman–Crippen LogP) is 3.86. The van der Waals surface area contributed by atoms with E-state index < -0.39 is 11.9 Å². The summed E-state index contributed by atoms with van der Waals surface area (Å²) in [5.74, 6) is -2.05. The third-order valence-corrected chi connectivity index (χ3v) is 4.71. The maximum Gasteiger partial charge on any atom is 0.337 e. The van der Waals surface area contributed by atoms with Crippen molar-refractivity contribution in [3.8, 4) is 16.9 Å². The first kappa shape index (κ1) is 23.7. The van der Waals surface area contributed by atoms with Crippen LogP contribution in [0.5, 0.6) is 5.75 Å². The Bertz CT molecular complexity index is 1070. The van der Waals surface area contributed by atoms with Gasteiger partial charge in [-0.25, -0.2) is 4.79 Å². The van der Waals surface area contributed by atoms with Crippen molar-refractivity contribution in [3.05, 3.63) is 77.9 Å². The average molecular weight is 443 g/mol. The highest BCUT2D eigenvalue weighted by atomic mass is 35.5. The quantitative estimate of drug-likeness (QED) is 0.442. The number of nitrogens with one attached hydrogen (secondary N) is 1. The number of carboxylic acids is 1. The lowest BCUT2D eigenvalue weighted by Crippen LogP contribution is -2.22. The molecule has 0 saturated heterocycles. The number of likely N-dealkylation sites (N-methyl/N-ethyl adjacent to an activating group) is 1. The van der Waals surface area contributed by atoms with Crippen LogP contribution in [0, 0.1) is 0 Å². The number of hydrogen-bond acceptors (Lipinski definition) is 5. The van der Waals surface area contributed by atoms with Crippen LogP contribution >= 0.6 is 12.4 Å². The molecule has 0 fully saturated rings. The molecule has 31 heavy (non-hydrogen) atoms. The fraction of sp³-hybridized carbons (Fsp3) is 0.130. The first-order valence-electron chi connectivity index (χ1n) is 9.30. The average Bonchev–Trinajstić information content (AvgIpc) is 2.74. The second-order valence-corrected chi connectivity index (χ2v) is 6.73. The van der Waals surface area contributed by atoms with Gasteiger partial charge in [0.15, 0.2) is 0 Å². The highest BCUT2D eigenvalue weighted by Gasteiger charge is 2.18. The molecule has 1 amide bonds. The second-order valence-electron chi connectivity index (χ2n) is 6.73. The molecule has 0 unspecified atom stereocenters. The van der Waals surface area contributed by atoms with Gasteiger partial charge >= 0.3 is 5.97 Å². The summed E-state index contributed by atoms with van der Waals surface area (Å²) in [7, 11) is 1.75. The molecule has 3 aromatic rings. The summed E-state index contributed by atoms with van der Waals surface area (Å²) >= 11 is 0. The Morgan fingerprint density at radius 3 is 2.29 bits per heavy atom. The van der Waals surface area contributed by atoms with E-state index in [9.17, 15) is 19.8 Å². The van der Waals surface area contributed by atoms with Crippen molar-refractivity contribution >= 4 is 35.7 Å². The minimum atomic E-state index is -1.18. The van der Waals surface area contributed by atoms with E-state index in [0.29, 0.717) is 12.2 Å². The second kappa shape index (κ2) is 10.5. The van der Waals surface area contributed by atoms with Crippen LogP contribution in [0.25, 0.3) is 11.1 Å². The molecule has 4 N–H and O–H groups in total. The molecule has 0 heterocycles. The number of amides is 1. The number of phenols is 1. The van der Waals surface area contributed by atoms with Crippen molar-refractivity contribution in [2.45, 2.75) is 0 Å². The number of carboxylic acid groups (broad SMARTS) is 1. The van der Waals surface area contributed by atoms with Crippen LogP contribution in [-0.4, -0.2) is 47.4 Å². The molecule has 3 rings (SSSR count). The molecule has 8 heteroatoms. The van der Waals surface area contributed by atoms with Gasteiger partial charge in [0.05, 0.1) is 23.4 Å². The fourth-order valence-corrected chi connectivity index (χ4v) is 3.06. The highest BCUT2D eigenvalue weighted by molar-refractivity contribution is 6.10. The van der Waals surface area contributed by atoms with Crippen molar-refractivity contribution in [2.24, 2.45) is 0 Å². The molecular weight excluding hydrogens is 420 g/mol. The molecule has 0 radical (unpaired) electrons. The summed E-state index contributed by atoms with van der Waals surface area (Å²) in [5.41, 5.74) is 2.32. The largest absolute Gasteiger partial charge is 0.507 e. The van der Waals surface area contributed by atoms with Gasteiger partial charge in [-0.15, -0.1) is 12.4 Å². The Morgan fingerprint density at radius 1 is 0.935 bits per heavy atom. The summed E-state index contributed by atoms with van der Waals surface area (Å²) in [4.78, 5) is 26.2. The minimum absolute atomic E-state index is 0. The van der Waals surface area contributed by atoms with E-state index in [1.807, 2.05) is 30.3 Å². The molecule has 3 aromatic carbocycles. The maximum absolute atomic E-state index is 12.9. The van der Waals surface area contributed by atoms with Crippen LogP contribution in [0.3, 0.4) is 0 Å². The maximum atomic E-state index is 12.9. The zero-order chi connectivity index (χ0) is 21.7. The lowest BCUT2D eigenvalue weighted by atomic mass is 10.0. The van der Waals surface area contributed by atoms with Gasteiger partial charge in [-0.2, -0.15) is 0 Å². The summed E-state index contributed by atoms with van der Waals surface area (Å²) in [6.07, 6.45) is 0. The number of anilines is 2. The number of hydrogen-bond donors (Lipinski definition) is 4. The summed E-state index contributed by atoms with van der Waals surface area (Å²) in [5, 5.41) is 31.4. The Hall–Kier alpha value is -3.55. The van der Waals surface area contributed by atoms with Gasteiger partial charge in [0, 0.05) is 19.3 Å². The van der Waals surface area contributed by atoms with Crippen molar-refractivity contribution < 1.29 is 24.9 Å². The number of rotatable bonds is 7. The summed E-state index contributed by atoms with van der Waals surface area (Å²) < 4.78 is 0. The van der Waals surface area contributed by atoms with Crippen LogP contribution in [0.1, 0.15) is 20.7 Å². The Morgan fingerprint density at radius 2 is 1.65 bits per heavy atom. The van der Waals surface area contributed by atoms with Crippen molar-refractivity contribution in [3.63, 3.8) is 0 Å². The van der Waals surface area contributed by atoms with Gasteiger partial charge in [-0.05, 0) is 41.5 Å². The third-order valence-electron chi connectivity index (χ3n) is 4.71. The van der Waals surface area contributed by atoms with E-state index in [4.69, 9.17) is 5.11 Å². The van der Waals surface area contributed by atoms with Crippen molar-refractivity contribution in [1.29, 1.82) is 0 Å². The van der Waals surface area contributed by atoms with Gasteiger partial charge in [0.2, 0.25) is 0 Å². The van der Waals surface area contributed by atoms with Gasteiger partial charge < -0.3 is 25.5 Å². The molecule has 0 aliphatic heterocycles. The molecule has 0 aliphatic carbocycles. The number of aliphatic hydroxyl groups is 1. The van der Waals surface area contributed by atoms with Crippen LogP contribution < -0.4 is 10.2 Å². The van der Waals surface area contributed by atoms with Crippen LogP contribution in [0.2, 0.25) is 0 Å². The molecular formula is C23H23ClN2O5. The Kier molecular flexibility index (Phi) is 8.01. The summed E-state index contributed by atoms with van der Waals surface area (Å²) in [6, 6.07) is 18.6. The number of nitrogens with zero attached hydrogens (tertiary/aromatic N) is 1. The predicted molar refractivity (Wildman–Crippen MR) is 123 cm³/mol. The number of phenolic OH excluding ortho intramolecular Hbond substituents is 1. The fourth-order valence-electron chi connectivity index (χ4n) is 3.06. The first-order chi connectivity index (χ1) is 14.4. The van der Waals surface area contributed by atoms with E-state index in [2.05, 4.69) is 5.32 Å². The Labute approximate surface area is 186 Å². The molecule has 162 valence electrons. The lowest BCUT2D eigenvalue weighted by Gasteiger charge is -2.19. The number of halogens is 1. The van der Waals surface area contributed by atoms with Gasteiger partial charge in [0.25, 0.3) is 5.91 Å². The number of carbonyl (C=O) groups excluding carboxylic acids is 1. The Balaban J connectivity index is 0.00000341. The number of benzene rings is 3. The highest BCUT2D eigenvalue weighted by Crippen LogP contribution is 2.28. The summed E-state index contributed by atoms with van der Waals surface area (Å²) in [6.45, 7) is 0.293. The zero-order valence-electron chi connectivity index (χ0n) is 16.8. The molecule has 0 atom stereocenters. The standard InChI is InChI=1S/C23H22N2O5.ClH/c1-25(11-12-26)17-8-10-21(27)19(14-17)22(28)24-20-13-16(7-9-18(20)23(29)30)15-5-3-2-4-6-15;/h2-10,13-14,26-27H,11-12H2,1H3,(H,24,28)(H,29,30);1H. The number of aliphatic hydroxyl groups excluding tert-OH is 1. The molecule has 7 nitrogen and oxygen atoms in total. The van der Waals surface area contributed by atoms with E-state index in [1.165, 1.54) is 18.2 Å². The van der Waals surface area contributed by atoms with E-state index in [0.717, 1.165) is 11.1 Å². The van der Waals surface area contributed by atoms with E-state index in [1.54, 1.807) is 30.1 Å². The monoisotopic (exact) mass is 442 g/mol. The van der Waals surface area contributed by atoms with Crippen LogP contribution in [0.4, 0.5) is 11.4 Å². The third kappa shape index (κ3) is 5.53. The normalized spacial score (nSPS) is 10.1. The molecule has 0 aliphatic rings. The smallest absolute Gasteiger partial charge is 0.337 e. The van der Waals surface area contributed by atoms with Crippen LogP contribution in [0.15, 0.2) is 66.7 Å². The van der Waals surface area contributed by atoms with Crippen LogP contribution in [-0.2, 0) is 0 Å². The number of carbonyl (C=O) groups is 2. The zero-order valence-corrected chi connectivity index (χ0v) is 17.6. The van der Waals surface area contributed by atoms with Gasteiger partial charge in [-0.3, -0.25) is 4.79 Å². The van der Waals surface area contributed by atoms with Crippen molar-refractivity contribution in [2.75, 3.05) is 30.4 Å². The topological polar surface area (TPSA) is 110 Å². The first-order valence-corrected chi connectivity index (χ1v) is 9.30. The lowest BCUT2D eigenvalue weighted by molar-refractivity contribution is 0.0698. The van der Waals surface area contributed by atoms with E-state index >= 15 is 0 Å². The molecule has 0 spiro atoms. The number of aromatic carboxylic acids is 1. The SMILES string of the molecule is CN(CCO)c1ccc(O)c(C(=O)Nc2cc(-c3ccccc3)ccc2C(=O)O)c1.Cl. The minimum Gasteiger partial charge on any atom is -0.507 e. The molecule has 0 aromatic heterocycles. The number of aromatic hydroxyl groups is 1. The molecule has 0 saturated carbocycles. The van der Waals surface area contributed by atoms with E-state index in [-0.39, 0.29) is 41.6 Å².